The Bertz CT molecular complexity index is 669. The van der Waals surface area contributed by atoms with Crippen LogP contribution in [0.1, 0.15) is 12.2 Å². The van der Waals surface area contributed by atoms with Gasteiger partial charge in [0.15, 0.2) is 5.65 Å². The molecule has 0 aliphatic carbocycles. The first kappa shape index (κ1) is 14.5. The summed E-state index contributed by atoms with van der Waals surface area (Å²) in [6.07, 6.45) is 1.45. The lowest BCUT2D eigenvalue weighted by Gasteiger charge is -2.00. The average molecular weight is 274 g/mol. The van der Waals surface area contributed by atoms with Gasteiger partial charge in [-0.2, -0.15) is 0 Å². The zero-order chi connectivity index (χ0) is 12.6. The van der Waals surface area contributed by atoms with E-state index in [1.807, 2.05) is 0 Å². The summed E-state index contributed by atoms with van der Waals surface area (Å²) in [5.41, 5.74) is 5.44. The maximum atomic E-state index is 11.8. The zero-order valence-corrected chi connectivity index (χ0v) is 11.1. The molecular formula is C10H16ClN5O2. The largest absolute Gasteiger partial charge is 0.336 e. The number of halogens is 1. The quantitative estimate of drug-likeness (QED) is 0.770. The minimum atomic E-state index is -0.376. The molecule has 0 radical (unpaired) electrons. The van der Waals surface area contributed by atoms with Gasteiger partial charge >= 0.3 is 5.69 Å². The maximum Gasteiger partial charge on any atom is 0.332 e. The van der Waals surface area contributed by atoms with Crippen LogP contribution >= 0.6 is 12.4 Å². The second-order valence-electron chi connectivity index (χ2n) is 3.98. The number of hydrogen-bond acceptors (Lipinski definition) is 4. The van der Waals surface area contributed by atoms with Crippen LogP contribution in [0, 0.1) is 0 Å². The number of fused-ring (bicyclic) bond motifs is 1. The molecule has 2 aromatic rings. The summed E-state index contributed by atoms with van der Waals surface area (Å²) in [5, 5.41) is 0. The van der Waals surface area contributed by atoms with E-state index in [9.17, 15) is 9.59 Å². The smallest absolute Gasteiger partial charge is 0.332 e. The van der Waals surface area contributed by atoms with Crippen molar-refractivity contribution in [3.05, 3.63) is 26.7 Å². The third kappa shape index (κ3) is 2.19. The van der Waals surface area contributed by atoms with E-state index in [1.54, 1.807) is 7.05 Å². The molecule has 0 saturated carbocycles. The van der Waals surface area contributed by atoms with Gasteiger partial charge < -0.3 is 10.7 Å². The molecule has 0 aromatic carbocycles. The Labute approximate surface area is 109 Å². The molecule has 0 aliphatic heterocycles. The number of nitrogens with two attached hydrogens (primary N) is 1. The Morgan fingerprint density at radius 1 is 1.28 bits per heavy atom. The third-order valence-corrected chi connectivity index (χ3v) is 2.76. The minimum Gasteiger partial charge on any atom is -0.336 e. The highest BCUT2D eigenvalue weighted by molar-refractivity contribution is 5.85. The number of nitrogens with one attached hydrogen (secondary N) is 1. The molecule has 0 unspecified atom stereocenters. The van der Waals surface area contributed by atoms with Crippen molar-refractivity contribution in [1.29, 1.82) is 0 Å². The number of aryl methyl sites for hydroxylation is 2. The number of imidazole rings is 1. The van der Waals surface area contributed by atoms with E-state index in [0.29, 0.717) is 30.0 Å². The van der Waals surface area contributed by atoms with Crippen LogP contribution in [0.15, 0.2) is 9.59 Å². The number of rotatable bonds is 3. The molecule has 7 nitrogen and oxygen atoms in total. The molecule has 2 heterocycles. The molecule has 2 rings (SSSR count). The van der Waals surface area contributed by atoms with E-state index in [0.717, 1.165) is 11.0 Å². The minimum absolute atomic E-state index is 0. The normalized spacial score (nSPS) is 10.6. The standard InChI is InChI=1S/C10H15N5O2.ClH/c1-14-8-7(9(16)15(2)10(14)17)12-6(13-8)4-3-5-11;/h3-5,11H2,1-2H3,(H,12,13);1H. The third-order valence-electron chi connectivity index (χ3n) is 2.76. The lowest BCUT2D eigenvalue weighted by molar-refractivity contribution is 0.708. The van der Waals surface area contributed by atoms with Crippen molar-refractivity contribution in [2.24, 2.45) is 19.8 Å². The Balaban J connectivity index is 0.00000162. The number of aromatic amines is 1. The summed E-state index contributed by atoms with van der Waals surface area (Å²) in [6.45, 7) is 0.563. The van der Waals surface area contributed by atoms with Crippen molar-refractivity contribution < 1.29 is 0 Å². The van der Waals surface area contributed by atoms with Gasteiger partial charge in [-0.1, -0.05) is 0 Å². The fourth-order valence-electron chi connectivity index (χ4n) is 1.76. The Hall–Kier alpha value is -1.60. The van der Waals surface area contributed by atoms with E-state index in [-0.39, 0.29) is 23.7 Å². The molecule has 100 valence electrons. The summed E-state index contributed by atoms with van der Waals surface area (Å²) in [6, 6.07) is 0. The molecule has 0 saturated heterocycles. The first-order valence-electron chi connectivity index (χ1n) is 5.41. The molecule has 0 aliphatic rings. The van der Waals surface area contributed by atoms with Crippen LogP contribution in [-0.4, -0.2) is 25.6 Å². The number of nitrogens with zero attached hydrogens (tertiary/aromatic N) is 3. The van der Waals surface area contributed by atoms with Crippen LogP contribution in [0.5, 0.6) is 0 Å². The average Bonchev–Trinajstić information content (AvgIpc) is 2.75. The SMILES string of the molecule is Cl.Cn1c(=O)c2[nH]c(CCCN)nc2n(C)c1=O. The summed E-state index contributed by atoms with van der Waals surface area (Å²) in [7, 11) is 3.04. The van der Waals surface area contributed by atoms with E-state index < -0.39 is 0 Å². The molecule has 0 atom stereocenters. The topological polar surface area (TPSA) is 98.7 Å². The van der Waals surface area contributed by atoms with Crippen molar-refractivity contribution >= 4 is 23.6 Å². The van der Waals surface area contributed by atoms with Crippen LogP contribution < -0.4 is 17.0 Å². The Morgan fingerprint density at radius 3 is 2.56 bits per heavy atom. The lowest BCUT2D eigenvalue weighted by atomic mass is 10.3. The van der Waals surface area contributed by atoms with Crippen molar-refractivity contribution in [1.82, 2.24) is 19.1 Å². The summed E-state index contributed by atoms with van der Waals surface area (Å²) < 4.78 is 2.42. The van der Waals surface area contributed by atoms with Crippen LogP contribution in [-0.2, 0) is 20.5 Å². The van der Waals surface area contributed by atoms with Gasteiger partial charge in [0.2, 0.25) is 0 Å². The molecule has 8 heteroatoms. The molecule has 3 N–H and O–H groups in total. The summed E-state index contributed by atoms with van der Waals surface area (Å²) >= 11 is 0. The van der Waals surface area contributed by atoms with E-state index in [2.05, 4.69) is 9.97 Å². The predicted molar refractivity (Wildman–Crippen MR) is 71.2 cm³/mol. The maximum absolute atomic E-state index is 11.8. The second-order valence-corrected chi connectivity index (χ2v) is 3.98. The molecule has 2 aromatic heterocycles. The first-order chi connectivity index (χ1) is 8.06. The highest BCUT2D eigenvalue weighted by Crippen LogP contribution is 2.05. The van der Waals surface area contributed by atoms with Gasteiger partial charge in [-0.3, -0.25) is 13.9 Å². The monoisotopic (exact) mass is 273 g/mol. The van der Waals surface area contributed by atoms with Gasteiger partial charge in [-0.25, -0.2) is 9.78 Å². The van der Waals surface area contributed by atoms with Gasteiger partial charge in [-0.05, 0) is 13.0 Å². The van der Waals surface area contributed by atoms with Crippen molar-refractivity contribution in [2.45, 2.75) is 12.8 Å². The van der Waals surface area contributed by atoms with Crippen LogP contribution in [0.3, 0.4) is 0 Å². The van der Waals surface area contributed by atoms with E-state index in [1.165, 1.54) is 11.6 Å². The van der Waals surface area contributed by atoms with Gasteiger partial charge in [0, 0.05) is 20.5 Å². The number of hydrogen-bond donors (Lipinski definition) is 2. The highest BCUT2D eigenvalue weighted by atomic mass is 35.5. The fraction of sp³-hybridized carbons (Fsp3) is 0.500. The summed E-state index contributed by atoms with van der Waals surface area (Å²) in [5.74, 6) is 0.684. The van der Waals surface area contributed by atoms with Crippen LogP contribution in [0.25, 0.3) is 11.2 Å². The van der Waals surface area contributed by atoms with Gasteiger partial charge in [0.25, 0.3) is 5.56 Å². The second kappa shape index (κ2) is 5.36. The predicted octanol–water partition coefficient (Wildman–Crippen LogP) is -0.727. The Kier molecular flexibility index (Phi) is 4.31. The molecule has 0 fully saturated rings. The Morgan fingerprint density at radius 2 is 1.94 bits per heavy atom. The zero-order valence-electron chi connectivity index (χ0n) is 10.3. The van der Waals surface area contributed by atoms with Crippen molar-refractivity contribution in [2.75, 3.05) is 6.54 Å². The van der Waals surface area contributed by atoms with Crippen LogP contribution in [0.4, 0.5) is 0 Å². The van der Waals surface area contributed by atoms with Gasteiger partial charge in [0.1, 0.15) is 11.3 Å². The molecule has 18 heavy (non-hydrogen) atoms. The lowest BCUT2D eigenvalue weighted by Crippen LogP contribution is -2.36. The van der Waals surface area contributed by atoms with E-state index in [4.69, 9.17) is 5.73 Å². The molecule has 0 spiro atoms. The van der Waals surface area contributed by atoms with Crippen LogP contribution in [0.2, 0.25) is 0 Å². The molecule has 0 amide bonds. The summed E-state index contributed by atoms with van der Waals surface area (Å²) in [4.78, 5) is 30.7. The fourth-order valence-corrected chi connectivity index (χ4v) is 1.76. The van der Waals surface area contributed by atoms with Gasteiger partial charge in [-0.15, -0.1) is 12.4 Å². The molecule has 0 bridgehead atoms. The van der Waals surface area contributed by atoms with E-state index >= 15 is 0 Å². The molecular weight excluding hydrogens is 258 g/mol. The highest BCUT2D eigenvalue weighted by Gasteiger charge is 2.12. The first-order valence-corrected chi connectivity index (χ1v) is 5.41. The van der Waals surface area contributed by atoms with Crippen molar-refractivity contribution in [3.63, 3.8) is 0 Å². The van der Waals surface area contributed by atoms with Crippen molar-refractivity contribution in [3.8, 4) is 0 Å². The van der Waals surface area contributed by atoms with Gasteiger partial charge in [0.05, 0.1) is 0 Å². The number of aromatic nitrogens is 4. The number of H-pyrrole nitrogens is 1.